The van der Waals surface area contributed by atoms with Gasteiger partial charge in [-0.15, -0.1) is 0 Å². The topological polar surface area (TPSA) is 71.0 Å². The van der Waals surface area contributed by atoms with Gasteiger partial charge in [-0.3, -0.25) is 14.5 Å². The van der Waals surface area contributed by atoms with Gasteiger partial charge in [0, 0.05) is 19.1 Å². The molecule has 0 radical (unpaired) electrons. The Morgan fingerprint density at radius 2 is 2.28 bits per heavy atom. The van der Waals surface area contributed by atoms with E-state index in [2.05, 4.69) is 10.3 Å². The van der Waals surface area contributed by atoms with E-state index in [4.69, 9.17) is 16.3 Å². The molecule has 1 aliphatic carbocycles. The monoisotopic (exact) mass is 439 g/mol. The number of nitrogens with one attached hydrogen (secondary N) is 1. The second kappa shape index (κ2) is 8.24. The van der Waals surface area contributed by atoms with Crippen molar-refractivity contribution in [2.75, 3.05) is 13.2 Å². The second-order valence-electron chi connectivity index (χ2n) is 7.97. The maximum Gasteiger partial charge on any atom is 0.242 e. The van der Waals surface area contributed by atoms with Gasteiger partial charge in [0.15, 0.2) is 5.17 Å². The maximum absolute atomic E-state index is 13.5. The van der Waals surface area contributed by atoms with Crippen LogP contribution >= 0.6 is 23.4 Å². The largest absolute Gasteiger partial charge is 0.373 e. The molecule has 3 aliphatic rings. The number of amides is 2. The molecule has 0 spiro atoms. The van der Waals surface area contributed by atoms with Gasteiger partial charge in [-0.1, -0.05) is 23.4 Å². The van der Waals surface area contributed by atoms with Crippen molar-refractivity contribution in [3.63, 3.8) is 0 Å². The fourth-order valence-electron chi connectivity index (χ4n) is 3.51. The van der Waals surface area contributed by atoms with Gasteiger partial charge in [-0.2, -0.15) is 0 Å². The summed E-state index contributed by atoms with van der Waals surface area (Å²) in [4.78, 5) is 31.5. The molecule has 2 atom stereocenters. The Hall–Kier alpha value is -1.64. The Balaban J connectivity index is 1.56. The van der Waals surface area contributed by atoms with Gasteiger partial charge in [-0.25, -0.2) is 9.38 Å². The van der Waals surface area contributed by atoms with Crippen LogP contribution in [0.2, 0.25) is 5.02 Å². The quantitative estimate of drug-likeness (QED) is 0.734. The molecule has 9 heteroatoms. The van der Waals surface area contributed by atoms with E-state index in [1.54, 1.807) is 4.90 Å². The minimum atomic E-state index is -0.534. The van der Waals surface area contributed by atoms with E-state index < -0.39 is 16.7 Å². The summed E-state index contributed by atoms with van der Waals surface area (Å²) < 4.78 is 19.3. The number of carbonyl (C=O) groups excluding carboxylic acids is 2. The number of nitrogens with zero attached hydrogens (tertiary/aromatic N) is 2. The highest BCUT2D eigenvalue weighted by atomic mass is 35.5. The zero-order valence-corrected chi connectivity index (χ0v) is 17.7. The molecule has 0 aromatic heterocycles. The number of hydrogen-bond donors (Lipinski definition) is 1. The summed E-state index contributed by atoms with van der Waals surface area (Å²) in [5.74, 6) is -0.790. The van der Waals surface area contributed by atoms with E-state index in [1.807, 2.05) is 6.92 Å². The molecule has 156 valence electrons. The predicted molar refractivity (Wildman–Crippen MR) is 111 cm³/mol. The van der Waals surface area contributed by atoms with Crippen LogP contribution in [0, 0.1) is 5.82 Å². The first kappa shape index (κ1) is 20.6. The van der Waals surface area contributed by atoms with E-state index in [9.17, 15) is 14.0 Å². The van der Waals surface area contributed by atoms with Gasteiger partial charge < -0.3 is 10.1 Å². The summed E-state index contributed by atoms with van der Waals surface area (Å²) in [7, 11) is 0. The van der Waals surface area contributed by atoms with Crippen molar-refractivity contribution >= 4 is 46.0 Å². The summed E-state index contributed by atoms with van der Waals surface area (Å²) >= 11 is 7.13. The number of rotatable bonds is 6. The molecule has 29 heavy (non-hydrogen) atoms. The van der Waals surface area contributed by atoms with Gasteiger partial charge >= 0.3 is 0 Å². The lowest BCUT2D eigenvalue weighted by molar-refractivity contribution is -0.131. The van der Waals surface area contributed by atoms with Crippen molar-refractivity contribution < 1.29 is 18.7 Å². The highest BCUT2D eigenvalue weighted by molar-refractivity contribution is 8.15. The molecule has 1 aromatic rings. The predicted octanol–water partition coefficient (Wildman–Crippen LogP) is 3.65. The molecule has 1 N–H and O–H groups in total. The average molecular weight is 440 g/mol. The van der Waals surface area contributed by atoms with Gasteiger partial charge in [0.25, 0.3) is 0 Å². The lowest BCUT2D eigenvalue weighted by atomic mass is 10.0. The number of carbonyl (C=O) groups is 2. The minimum Gasteiger partial charge on any atom is -0.373 e. The first-order valence-electron chi connectivity index (χ1n) is 9.78. The summed E-state index contributed by atoms with van der Waals surface area (Å²) in [6.07, 6.45) is 3.90. The SMILES string of the molecule is CC1(CN2C(=O)C(CC(=O)NC3CC3)SC2=Nc2ccc(F)c(Cl)c2)CCCO1. The van der Waals surface area contributed by atoms with Crippen LogP contribution in [-0.2, 0) is 14.3 Å². The molecule has 0 bridgehead atoms. The molecule has 1 saturated carbocycles. The van der Waals surface area contributed by atoms with Crippen molar-refractivity contribution in [1.82, 2.24) is 10.2 Å². The number of amidine groups is 1. The number of thioether (sulfide) groups is 1. The highest BCUT2D eigenvalue weighted by Gasteiger charge is 2.44. The Labute approximate surface area is 178 Å². The average Bonchev–Trinajstić information content (AvgIpc) is 3.31. The minimum absolute atomic E-state index is 0.0285. The molecule has 1 aromatic carbocycles. The maximum atomic E-state index is 13.5. The van der Waals surface area contributed by atoms with Gasteiger partial charge in [0.05, 0.1) is 22.9 Å². The molecule has 3 fully saturated rings. The van der Waals surface area contributed by atoms with E-state index in [1.165, 1.54) is 30.0 Å². The van der Waals surface area contributed by atoms with Crippen molar-refractivity contribution in [1.29, 1.82) is 0 Å². The van der Waals surface area contributed by atoms with E-state index in [-0.39, 0.29) is 29.3 Å². The lowest BCUT2D eigenvalue weighted by Crippen LogP contribution is -2.44. The van der Waals surface area contributed by atoms with Gasteiger partial charge in [0.2, 0.25) is 11.8 Å². The number of ether oxygens (including phenoxy) is 1. The van der Waals surface area contributed by atoms with Crippen LogP contribution < -0.4 is 5.32 Å². The van der Waals surface area contributed by atoms with Crippen LogP contribution in [0.3, 0.4) is 0 Å². The fraction of sp³-hybridized carbons (Fsp3) is 0.550. The number of aliphatic imine (C=N–C) groups is 1. The van der Waals surface area contributed by atoms with Crippen molar-refractivity contribution in [3.05, 3.63) is 29.0 Å². The second-order valence-corrected chi connectivity index (χ2v) is 9.55. The number of benzene rings is 1. The standard InChI is InChI=1S/C20H23ClFN3O3S/c1-20(7-2-8-28-20)11-25-18(27)16(10-17(26)23-12-3-4-12)29-19(25)24-13-5-6-15(22)14(21)9-13/h5-6,9,12,16H,2-4,7-8,10-11H2,1H3,(H,23,26). The fourth-order valence-corrected chi connectivity index (χ4v) is 4.85. The van der Waals surface area contributed by atoms with Crippen molar-refractivity contribution in [2.24, 2.45) is 4.99 Å². The molecular formula is C20H23ClFN3O3S. The molecule has 2 saturated heterocycles. The van der Waals surface area contributed by atoms with Crippen LogP contribution in [0.15, 0.2) is 23.2 Å². The Morgan fingerprint density at radius 3 is 2.93 bits per heavy atom. The molecule has 2 heterocycles. The third-order valence-electron chi connectivity index (χ3n) is 5.25. The van der Waals surface area contributed by atoms with Crippen molar-refractivity contribution in [2.45, 2.75) is 55.9 Å². The van der Waals surface area contributed by atoms with Gasteiger partial charge in [-0.05, 0) is 50.8 Å². The molecule has 6 nitrogen and oxygen atoms in total. The van der Waals surface area contributed by atoms with Gasteiger partial charge in [0.1, 0.15) is 11.1 Å². The Kier molecular flexibility index (Phi) is 5.86. The van der Waals surface area contributed by atoms with Crippen LogP contribution in [0.4, 0.5) is 10.1 Å². The molecule has 2 aliphatic heterocycles. The number of halogens is 2. The third-order valence-corrected chi connectivity index (χ3v) is 6.72. The molecule has 2 amide bonds. The van der Waals surface area contributed by atoms with E-state index in [0.717, 1.165) is 25.7 Å². The van der Waals surface area contributed by atoms with Crippen LogP contribution in [0.5, 0.6) is 0 Å². The van der Waals surface area contributed by atoms with Crippen LogP contribution in [0.1, 0.15) is 39.0 Å². The van der Waals surface area contributed by atoms with Crippen molar-refractivity contribution in [3.8, 4) is 0 Å². The van der Waals surface area contributed by atoms with Crippen LogP contribution in [-0.4, -0.2) is 51.9 Å². The normalized spacial score (nSPS) is 28.4. The zero-order chi connectivity index (χ0) is 20.6. The smallest absolute Gasteiger partial charge is 0.242 e. The molecule has 2 unspecified atom stereocenters. The summed E-state index contributed by atoms with van der Waals surface area (Å²) in [5, 5.41) is 2.85. The Morgan fingerprint density at radius 1 is 1.48 bits per heavy atom. The third kappa shape index (κ3) is 4.92. The van der Waals surface area contributed by atoms with E-state index >= 15 is 0 Å². The van der Waals surface area contributed by atoms with Crippen LogP contribution in [0.25, 0.3) is 0 Å². The summed E-state index contributed by atoms with van der Waals surface area (Å²) in [6, 6.07) is 4.43. The Bertz CT molecular complexity index is 855. The molecular weight excluding hydrogens is 417 g/mol. The molecule has 4 rings (SSSR count). The summed E-state index contributed by atoms with van der Waals surface area (Å²) in [5.41, 5.74) is 0.0139. The summed E-state index contributed by atoms with van der Waals surface area (Å²) in [6.45, 7) is 3.02. The first-order valence-corrected chi connectivity index (χ1v) is 11.0. The highest BCUT2D eigenvalue weighted by Crippen LogP contribution is 2.36. The van der Waals surface area contributed by atoms with E-state index in [0.29, 0.717) is 24.0 Å². The first-order chi connectivity index (χ1) is 13.8. The zero-order valence-electron chi connectivity index (χ0n) is 16.1. The number of hydrogen-bond acceptors (Lipinski definition) is 5. The lowest BCUT2D eigenvalue weighted by Gasteiger charge is -2.29.